The third kappa shape index (κ3) is 1.74. The molecule has 1 nitrogen and oxygen atoms in total. The van der Waals surface area contributed by atoms with Crippen LogP contribution in [0.15, 0.2) is 18.3 Å². The fraction of sp³-hybridized carbons (Fsp3) is 0.583. The molecule has 2 saturated carbocycles. The number of aromatic nitrogens is 1. The topological polar surface area (TPSA) is 12.9 Å². The number of rotatable bonds is 3. The maximum Gasteiger partial charge on any atom is 0.0434 e. The normalized spacial score (nSPS) is 21.8. The van der Waals surface area contributed by atoms with Crippen molar-refractivity contribution in [3.05, 3.63) is 29.6 Å². The lowest BCUT2D eigenvalue weighted by atomic mass is 10.1. The summed E-state index contributed by atoms with van der Waals surface area (Å²) in [5.41, 5.74) is 2.76. The van der Waals surface area contributed by atoms with Gasteiger partial charge in [0, 0.05) is 17.8 Å². The van der Waals surface area contributed by atoms with E-state index < -0.39 is 0 Å². The largest absolute Gasteiger partial charge is 0.261 e. The van der Waals surface area contributed by atoms with Crippen LogP contribution in [0.25, 0.3) is 0 Å². The van der Waals surface area contributed by atoms with Crippen molar-refractivity contribution in [3.8, 4) is 0 Å². The summed E-state index contributed by atoms with van der Waals surface area (Å²) in [6.07, 6.45) is 8.93. The van der Waals surface area contributed by atoms with E-state index in [1.807, 2.05) is 0 Å². The Labute approximate surface area is 79.2 Å². The van der Waals surface area contributed by atoms with Gasteiger partial charge >= 0.3 is 0 Å². The molecule has 0 spiro atoms. The van der Waals surface area contributed by atoms with Crippen molar-refractivity contribution in [2.24, 2.45) is 5.92 Å². The van der Waals surface area contributed by atoms with Crippen LogP contribution < -0.4 is 0 Å². The summed E-state index contributed by atoms with van der Waals surface area (Å²) in [4.78, 5) is 4.52. The van der Waals surface area contributed by atoms with Crippen LogP contribution >= 0.6 is 0 Å². The predicted octanol–water partition coefficient (Wildman–Crippen LogP) is 2.91. The quantitative estimate of drug-likeness (QED) is 0.685. The number of pyridine rings is 1. The fourth-order valence-electron chi connectivity index (χ4n) is 1.83. The SMILES string of the molecule is c1cc(C2CC2)ncc1CC1CC1. The monoisotopic (exact) mass is 173 g/mol. The average Bonchev–Trinajstić information content (AvgIpc) is 3.01. The molecule has 68 valence electrons. The second kappa shape index (κ2) is 2.83. The molecular weight excluding hydrogens is 158 g/mol. The predicted molar refractivity (Wildman–Crippen MR) is 52.6 cm³/mol. The highest BCUT2D eigenvalue weighted by Crippen LogP contribution is 2.39. The maximum absolute atomic E-state index is 4.52. The highest BCUT2D eigenvalue weighted by molar-refractivity contribution is 5.20. The number of nitrogens with zero attached hydrogens (tertiary/aromatic N) is 1. The molecule has 0 aromatic carbocycles. The Morgan fingerprint density at radius 1 is 1.15 bits per heavy atom. The molecule has 1 heteroatoms. The zero-order chi connectivity index (χ0) is 8.67. The molecule has 1 aromatic heterocycles. The minimum absolute atomic E-state index is 0.801. The second-order valence-electron chi connectivity index (χ2n) is 4.51. The van der Waals surface area contributed by atoms with E-state index in [2.05, 4.69) is 23.3 Å². The van der Waals surface area contributed by atoms with E-state index in [-0.39, 0.29) is 0 Å². The summed E-state index contributed by atoms with van der Waals surface area (Å²) in [5.74, 6) is 1.78. The van der Waals surface area contributed by atoms with Gasteiger partial charge in [0.25, 0.3) is 0 Å². The molecular formula is C12H15N. The molecule has 0 atom stereocenters. The molecule has 0 aliphatic heterocycles. The molecule has 0 unspecified atom stereocenters. The van der Waals surface area contributed by atoms with E-state index in [0.717, 1.165) is 11.8 Å². The van der Waals surface area contributed by atoms with Crippen molar-refractivity contribution in [2.75, 3.05) is 0 Å². The Bertz CT molecular complexity index is 293. The van der Waals surface area contributed by atoms with Gasteiger partial charge in [0.2, 0.25) is 0 Å². The van der Waals surface area contributed by atoms with Crippen LogP contribution in [-0.2, 0) is 6.42 Å². The van der Waals surface area contributed by atoms with Crippen molar-refractivity contribution in [1.29, 1.82) is 0 Å². The van der Waals surface area contributed by atoms with Crippen LogP contribution in [0.2, 0.25) is 0 Å². The summed E-state index contributed by atoms with van der Waals surface area (Å²) in [7, 11) is 0. The third-order valence-corrected chi connectivity index (χ3v) is 3.06. The number of hydrogen-bond acceptors (Lipinski definition) is 1. The summed E-state index contributed by atoms with van der Waals surface area (Å²) in [5, 5.41) is 0. The minimum atomic E-state index is 0.801. The van der Waals surface area contributed by atoms with E-state index >= 15 is 0 Å². The van der Waals surface area contributed by atoms with Crippen LogP contribution in [0.5, 0.6) is 0 Å². The molecule has 0 bridgehead atoms. The van der Waals surface area contributed by atoms with Gasteiger partial charge in [0.05, 0.1) is 0 Å². The van der Waals surface area contributed by atoms with Crippen molar-refractivity contribution < 1.29 is 0 Å². The lowest BCUT2D eigenvalue weighted by molar-refractivity contribution is 0.823. The van der Waals surface area contributed by atoms with Crippen molar-refractivity contribution in [2.45, 2.75) is 38.0 Å². The van der Waals surface area contributed by atoms with Crippen molar-refractivity contribution in [3.63, 3.8) is 0 Å². The van der Waals surface area contributed by atoms with Crippen molar-refractivity contribution in [1.82, 2.24) is 4.98 Å². The first kappa shape index (κ1) is 7.54. The van der Waals surface area contributed by atoms with Crippen LogP contribution in [-0.4, -0.2) is 4.98 Å². The summed E-state index contributed by atoms with van der Waals surface area (Å²) in [6.45, 7) is 0. The standard InChI is InChI=1S/C12H15N/c1-2-9(1)7-10-3-6-12(13-8-10)11-4-5-11/h3,6,8-9,11H,1-2,4-5,7H2. The van der Waals surface area contributed by atoms with E-state index in [9.17, 15) is 0 Å². The van der Waals surface area contributed by atoms with Crippen LogP contribution in [0.1, 0.15) is 42.9 Å². The first-order valence-corrected chi connectivity index (χ1v) is 5.36. The van der Waals surface area contributed by atoms with Gasteiger partial charge in [-0.3, -0.25) is 4.98 Å². The van der Waals surface area contributed by atoms with Crippen molar-refractivity contribution >= 4 is 0 Å². The smallest absolute Gasteiger partial charge is 0.0434 e. The van der Waals surface area contributed by atoms with Gasteiger partial charge in [-0.1, -0.05) is 6.07 Å². The third-order valence-electron chi connectivity index (χ3n) is 3.06. The Kier molecular flexibility index (Phi) is 1.64. The summed E-state index contributed by atoms with van der Waals surface area (Å²) >= 11 is 0. The van der Waals surface area contributed by atoms with Crippen LogP contribution in [0, 0.1) is 5.92 Å². The first-order chi connectivity index (χ1) is 6.42. The minimum Gasteiger partial charge on any atom is -0.261 e. The lowest BCUT2D eigenvalue weighted by Crippen LogP contribution is -1.91. The van der Waals surface area contributed by atoms with Gasteiger partial charge in [-0.15, -0.1) is 0 Å². The second-order valence-corrected chi connectivity index (χ2v) is 4.51. The zero-order valence-electron chi connectivity index (χ0n) is 7.87. The maximum atomic E-state index is 4.52. The summed E-state index contributed by atoms with van der Waals surface area (Å²) < 4.78 is 0. The molecule has 0 N–H and O–H groups in total. The first-order valence-electron chi connectivity index (χ1n) is 5.36. The molecule has 0 radical (unpaired) electrons. The van der Waals surface area contributed by atoms with Gasteiger partial charge in [0.15, 0.2) is 0 Å². The Morgan fingerprint density at radius 3 is 2.54 bits per heavy atom. The van der Waals surface area contributed by atoms with Crippen LogP contribution in [0.3, 0.4) is 0 Å². The average molecular weight is 173 g/mol. The zero-order valence-corrected chi connectivity index (χ0v) is 7.87. The molecule has 1 heterocycles. The molecule has 13 heavy (non-hydrogen) atoms. The van der Waals surface area contributed by atoms with Gasteiger partial charge in [-0.2, -0.15) is 0 Å². The van der Waals surface area contributed by atoms with E-state index in [0.29, 0.717) is 0 Å². The van der Waals surface area contributed by atoms with Crippen LogP contribution in [0.4, 0.5) is 0 Å². The molecule has 1 aromatic rings. The summed E-state index contributed by atoms with van der Waals surface area (Å²) in [6, 6.07) is 4.51. The fourth-order valence-corrected chi connectivity index (χ4v) is 1.83. The van der Waals surface area contributed by atoms with E-state index in [4.69, 9.17) is 0 Å². The van der Waals surface area contributed by atoms with Gasteiger partial charge in [0.1, 0.15) is 0 Å². The molecule has 0 amide bonds. The molecule has 2 fully saturated rings. The molecule has 2 aliphatic rings. The van der Waals surface area contributed by atoms with Gasteiger partial charge in [-0.05, 0) is 49.7 Å². The molecule has 0 saturated heterocycles. The highest BCUT2D eigenvalue weighted by Gasteiger charge is 2.25. The Hall–Kier alpha value is -0.850. The lowest BCUT2D eigenvalue weighted by Gasteiger charge is -2.00. The molecule has 3 rings (SSSR count). The van der Waals surface area contributed by atoms with Gasteiger partial charge < -0.3 is 0 Å². The Morgan fingerprint density at radius 2 is 2.00 bits per heavy atom. The number of hydrogen-bond donors (Lipinski definition) is 0. The van der Waals surface area contributed by atoms with E-state index in [1.54, 1.807) is 0 Å². The highest BCUT2D eigenvalue weighted by atomic mass is 14.7. The molecule has 2 aliphatic carbocycles. The van der Waals surface area contributed by atoms with E-state index in [1.165, 1.54) is 43.4 Å². The Balaban J connectivity index is 1.72. The van der Waals surface area contributed by atoms with Gasteiger partial charge in [-0.25, -0.2) is 0 Å².